The maximum atomic E-state index is 12.7. The molecule has 0 fully saturated rings. The molecule has 0 saturated heterocycles. The highest BCUT2D eigenvalue weighted by atomic mass is 32.2. The van der Waals surface area contributed by atoms with Crippen molar-refractivity contribution in [2.45, 2.75) is 5.16 Å². The summed E-state index contributed by atoms with van der Waals surface area (Å²) in [5.41, 5.74) is 1.44. The van der Waals surface area contributed by atoms with Crippen LogP contribution in [0.25, 0.3) is 5.69 Å². The summed E-state index contributed by atoms with van der Waals surface area (Å²) >= 11 is 1.37. The second kappa shape index (κ2) is 8.64. The van der Waals surface area contributed by atoms with Gasteiger partial charge in [0, 0.05) is 24.5 Å². The predicted molar refractivity (Wildman–Crippen MR) is 105 cm³/mol. The zero-order valence-corrected chi connectivity index (χ0v) is 16.2. The zero-order chi connectivity index (χ0) is 19.2. The molecule has 140 valence electrons. The quantitative estimate of drug-likeness (QED) is 0.434. The Morgan fingerprint density at radius 3 is 2.56 bits per heavy atom. The van der Waals surface area contributed by atoms with Crippen LogP contribution in [-0.2, 0) is 0 Å². The first-order valence-electron chi connectivity index (χ1n) is 8.22. The lowest BCUT2D eigenvalue weighted by Crippen LogP contribution is -2.06. The lowest BCUT2D eigenvalue weighted by molar-refractivity contribution is 0.101. The van der Waals surface area contributed by atoms with Crippen molar-refractivity contribution in [1.82, 2.24) is 9.55 Å². The van der Waals surface area contributed by atoms with Crippen molar-refractivity contribution in [1.29, 1.82) is 0 Å². The third kappa shape index (κ3) is 4.25. The number of rotatable bonds is 8. The number of hydrogen-bond acceptors (Lipinski definition) is 6. The summed E-state index contributed by atoms with van der Waals surface area (Å²) in [7, 11) is 4.74. The molecule has 0 N–H and O–H groups in total. The molecular formula is C20H20N2O4S. The van der Waals surface area contributed by atoms with E-state index in [1.54, 1.807) is 38.6 Å². The fraction of sp³-hybridized carbons (Fsp3) is 0.200. The Hall–Kier alpha value is -2.93. The summed E-state index contributed by atoms with van der Waals surface area (Å²) in [6.45, 7) is 0. The molecule has 7 heteroatoms. The van der Waals surface area contributed by atoms with E-state index in [1.165, 1.54) is 18.9 Å². The number of thioether (sulfide) groups is 1. The van der Waals surface area contributed by atoms with Crippen molar-refractivity contribution in [3.05, 3.63) is 60.4 Å². The summed E-state index contributed by atoms with van der Waals surface area (Å²) in [6, 6.07) is 12.8. The molecule has 6 nitrogen and oxygen atoms in total. The minimum absolute atomic E-state index is 0.0419. The molecule has 0 atom stereocenters. The van der Waals surface area contributed by atoms with E-state index in [-0.39, 0.29) is 11.5 Å². The third-order valence-corrected chi connectivity index (χ3v) is 4.95. The molecule has 0 aliphatic carbocycles. The van der Waals surface area contributed by atoms with Crippen LogP contribution in [0.15, 0.2) is 60.0 Å². The first-order valence-corrected chi connectivity index (χ1v) is 9.20. The molecule has 0 radical (unpaired) electrons. The maximum Gasteiger partial charge on any atom is 0.176 e. The highest BCUT2D eigenvalue weighted by Crippen LogP contribution is 2.28. The van der Waals surface area contributed by atoms with Gasteiger partial charge < -0.3 is 14.2 Å². The van der Waals surface area contributed by atoms with Crippen LogP contribution >= 0.6 is 11.8 Å². The van der Waals surface area contributed by atoms with Crippen LogP contribution in [0.4, 0.5) is 0 Å². The Kier molecular flexibility index (Phi) is 6.03. The van der Waals surface area contributed by atoms with Crippen molar-refractivity contribution in [2.75, 3.05) is 27.1 Å². The molecule has 0 saturated carbocycles. The number of imidazole rings is 1. The normalized spacial score (nSPS) is 10.5. The first-order chi connectivity index (χ1) is 13.2. The molecule has 0 amide bonds. The summed E-state index contributed by atoms with van der Waals surface area (Å²) in [5, 5.41) is 0.726. The predicted octanol–water partition coefficient (Wildman–Crippen LogP) is 3.87. The number of ether oxygens (including phenoxy) is 3. The number of nitrogens with zero attached hydrogens (tertiary/aromatic N) is 2. The lowest BCUT2D eigenvalue weighted by atomic mass is 10.1. The molecule has 0 unspecified atom stereocenters. The van der Waals surface area contributed by atoms with Crippen LogP contribution in [0, 0.1) is 0 Å². The summed E-state index contributed by atoms with van der Waals surface area (Å²) in [4.78, 5) is 17.0. The largest absolute Gasteiger partial charge is 0.497 e. The standard InChI is InChI=1S/C20H20N2O4S/c1-24-15-6-4-5-14(11-15)22-10-9-21-20(22)27-13-18(23)17-8-7-16(25-2)12-19(17)26-3/h4-12H,13H2,1-3H3. The van der Waals surface area contributed by atoms with Gasteiger partial charge in [-0.25, -0.2) is 4.98 Å². The average Bonchev–Trinajstić information content (AvgIpc) is 3.20. The molecule has 1 heterocycles. The van der Waals surface area contributed by atoms with Crippen molar-refractivity contribution < 1.29 is 19.0 Å². The van der Waals surface area contributed by atoms with E-state index in [9.17, 15) is 4.79 Å². The van der Waals surface area contributed by atoms with E-state index in [2.05, 4.69) is 4.98 Å². The molecule has 3 aromatic rings. The van der Waals surface area contributed by atoms with Gasteiger partial charge in [0.1, 0.15) is 17.2 Å². The van der Waals surface area contributed by atoms with Crippen molar-refractivity contribution in [3.63, 3.8) is 0 Å². The highest BCUT2D eigenvalue weighted by molar-refractivity contribution is 7.99. The van der Waals surface area contributed by atoms with Gasteiger partial charge in [0.25, 0.3) is 0 Å². The summed E-state index contributed by atoms with van der Waals surface area (Å²) in [5.74, 6) is 2.10. The van der Waals surface area contributed by atoms with E-state index in [0.717, 1.165) is 16.6 Å². The molecule has 0 bridgehead atoms. The third-order valence-electron chi connectivity index (χ3n) is 3.98. The number of hydrogen-bond donors (Lipinski definition) is 0. The zero-order valence-electron chi connectivity index (χ0n) is 15.3. The second-order valence-corrected chi connectivity index (χ2v) is 6.50. The highest BCUT2D eigenvalue weighted by Gasteiger charge is 2.15. The Morgan fingerprint density at radius 1 is 1.04 bits per heavy atom. The van der Waals surface area contributed by atoms with Gasteiger partial charge >= 0.3 is 0 Å². The number of carbonyl (C=O) groups is 1. The minimum atomic E-state index is -0.0419. The molecule has 3 rings (SSSR count). The van der Waals surface area contributed by atoms with Crippen LogP contribution in [0.1, 0.15) is 10.4 Å². The Balaban J connectivity index is 1.76. The maximum absolute atomic E-state index is 12.7. The first kappa shape index (κ1) is 18.8. The van der Waals surface area contributed by atoms with Crippen LogP contribution in [0.3, 0.4) is 0 Å². The molecule has 0 spiro atoms. The molecule has 27 heavy (non-hydrogen) atoms. The number of methoxy groups -OCH3 is 3. The van der Waals surface area contributed by atoms with Crippen LogP contribution in [0.5, 0.6) is 17.2 Å². The van der Waals surface area contributed by atoms with E-state index in [1.807, 2.05) is 35.0 Å². The van der Waals surface area contributed by atoms with E-state index in [4.69, 9.17) is 14.2 Å². The smallest absolute Gasteiger partial charge is 0.176 e. The Labute approximate surface area is 162 Å². The Bertz CT molecular complexity index is 939. The molecular weight excluding hydrogens is 364 g/mol. The van der Waals surface area contributed by atoms with Gasteiger partial charge in [0.05, 0.1) is 38.3 Å². The van der Waals surface area contributed by atoms with E-state index in [0.29, 0.717) is 17.1 Å². The second-order valence-electron chi connectivity index (χ2n) is 5.56. The van der Waals surface area contributed by atoms with Gasteiger partial charge in [-0.15, -0.1) is 0 Å². The van der Waals surface area contributed by atoms with E-state index >= 15 is 0 Å². The van der Waals surface area contributed by atoms with Gasteiger partial charge in [-0.2, -0.15) is 0 Å². The fourth-order valence-electron chi connectivity index (χ4n) is 2.59. The Morgan fingerprint density at radius 2 is 1.81 bits per heavy atom. The van der Waals surface area contributed by atoms with Gasteiger partial charge in [0.2, 0.25) is 0 Å². The molecule has 0 aliphatic rings. The fourth-order valence-corrected chi connectivity index (χ4v) is 3.45. The SMILES string of the molecule is COc1cccc(-n2ccnc2SCC(=O)c2ccc(OC)cc2OC)c1. The number of aromatic nitrogens is 2. The van der Waals surface area contributed by atoms with Crippen LogP contribution < -0.4 is 14.2 Å². The van der Waals surface area contributed by atoms with Crippen LogP contribution in [0.2, 0.25) is 0 Å². The van der Waals surface area contributed by atoms with Crippen molar-refractivity contribution >= 4 is 17.5 Å². The van der Waals surface area contributed by atoms with Gasteiger partial charge in [-0.05, 0) is 24.3 Å². The topological polar surface area (TPSA) is 62.6 Å². The van der Waals surface area contributed by atoms with Gasteiger partial charge in [-0.3, -0.25) is 9.36 Å². The van der Waals surface area contributed by atoms with Gasteiger partial charge in [-0.1, -0.05) is 17.8 Å². The number of ketones is 1. The molecule has 0 aliphatic heterocycles. The lowest BCUT2D eigenvalue weighted by Gasteiger charge is -2.11. The molecule has 1 aromatic heterocycles. The number of benzene rings is 2. The summed E-state index contributed by atoms with van der Waals surface area (Å²) in [6.07, 6.45) is 3.57. The minimum Gasteiger partial charge on any atom is -0.497 e. The summed E-state index contributed by atoms with van der Waals surface area (Å²) < 4.78 is 17.7. The van der Waals surface area contributed by atoms with Gasteiger partial charge in [0.15, 0.2) is 10.9 Å². The van der Waals surface area contributed by atoms with Crippen molar-refractivity contribution in [2.24, 2.45) is 0 Å². The number of carbonyl (C=O) groups excluding carboxylic acids is 1. The van der Waals surface area contributed by atoms with Crippen LogP contribution in [-0.4, -0.2) is 42.4 Å². The monoisotopic (exact) mass is 384 g/mol. The average molecular weight is 384 g/mol. The van der Waals surface area contributed by atoms with E-state index < -0.39 is 0 Å². The number of Topliss-reactive ketones (excluding diaryl/α,β-unsaturated/α-hetero) is 1. The molecule has 2 aromatic carbocycles. The van der Waals surface area contributed by atoms with Crippen molar-refractivity contribution in [3.8, 4) is 22.9 Å².